The smallest absolute Gasteiger partial charge is 0.114 e. The number of ether oxygens (including phenoxy) is 1. The highest BCUT2D eigenvalue weighted by Crippen LogP contribution is 2.44. The van der Waals surface area contributed by atoms with Crippen LogP contribution in [-0.4, -0.2) is 29.5 Å². The van der Waals surface area contributed by atoms with Gasteiger partial charge in [0, 0.05) is 7.11 Å². The normalized spacial score (nSPS) is 32.1. The molecule has 0 amide bonds. The SMILES string of the molecule is C=C(C)C1(O)C=C(CCOC)C=C(O)[C@H]1C1C=C(C)CCC1. The predicted molar refractivity (Wildman–Crippen MR) is 89.6 cm³/mol. The van der Waals surface area contributed by atoms with Gasteiger partial charge in [0.15, 0.2) is 0 Å². The Bertz CT molecular complexity index is 527. The van der Waals surface area contributed by atoms with Crippen molar-refractivity contribution in [3.8, 4) is 0 Å². The molecule has 0 aromatic carbocycles. The lowest BCUT2D eigenvalue weighted by Gasteiger charge is -2.42. The Labute approximate surface area is 133 Å². The molecule has 0 aromatic rings. The third-order valence-corrected chi connectivity index (χ3v) is 4.85. The van der Waals surface area contributed by atoms with E-state index in [0.29, 0.717) is 18.6 Å². The van der Waals surface area contributed by atoms with Crippen LogP contribution in [0.1, 0.15) is 39.5 Å². The number of allylic oxidation sites excluding steroid dienone is 3. The number of hydrogen-bond acceptors (Lipinski definition) is 3. The number of hydrogen-bond donors (Lipinski definition) is 2. The molecule has 3 atom stereocenters. The molecule has 3 heteroatoms. The van der Waals surface area contributed by atoms with Crippen LogP contribution in [0.3, 0.4) is 0 Å². The lowest BCUT2D eigenvalue weighted by molar-refractivity contribution is 0.0325. The van der Waals surface area contributed by atoms with Gasteiger partial charge in [0.1, 0.15) is 5.60 Å². The van der Waals surface area contributed by atoms with Crippen LogP contribution >= 0.6 is 0 Å². The summed E-state index contributed by atoms with van der Waals surface area (Å²) in [7, 11) is 1.65. The summed E-state index contributed by atoms with van der Waals surface area (Å²) in [5, 5.41) is 21.9. The largest absolute Gasteiger partial charge is 0.512 e. The summed E-state index contributed by atoms with van der Waals surface area (Å²) in [4.78, 5) is 0. The lowest BCUT2D eigenvalue weighted by Crippen LogP contribution is -2.44. The summed E-state index contributed by atoms with van der Waals surface area (Å²) in [5.74, 6) is 0.0634. The van der Waals surface area contributed by atoms with Crippen molar-refractivity contribution in [3.63, 3.8) is 0 Å². The van der Waals surface area contributed by atoms with Crippen molar-refractivity contribution in [2.24, 2.45) is 11.8 Å². The summed E-state index contributed by atoms with van der Waals surface area (Å²) >= 11 is 0. The summed E-state index contributed by atoms with van der Waals surface area (Å²) in [6, 6.07) is 0. The first-order valence-electron chi connectivity index (χ1n) is 8.05. The standard InChI is InChI=1S/C19H28O3/c1-13(2)19(21)12-15(8-9-22-4)11-17(20)18(19)16-7-5-6-14(3)10-16/h10-12,16,18,20-21H,1,5-9H2,2-4H3/t16?,18-,19?/m1/s1. The van der Waals surface area contributed by atoms with Crippen LogP contribution in [-0.2, 0) is 4.74 Å². The Hall–Kier alpha value is -1.32. The first kappa shape index (κ1) is 17.0. The first-order chi connectivity index (χ1) is 10.4. The fourth-order valence-electron chi connectivity index (χ4n) is 3.63. The summed E-state index contributed by atoms with van der Waals surface area (Å²) in [5.41, 5.74) is 1.71. The minimum atomic E-state index is -1.19. The van der Waals surface area contributed by atoms with E-state index in [2.05, 4.69) is 19.6 Å². The third-order valence-electron chi connectivity index (χ3n) is 4.85. The number of aliphatic hydroxyl groups excluding tert-OH is 1. The molecule has 2 aliphatic rings. The number of methoxy groups -OCH3 is 1. The van der Waals surface area contributed by atoms with Crippen LogP contribution < -0.4 is 0 Å². The third kappa shape index (κ3) is 3.36. The van der Waals surface area contributed by atoms with E-state index in [1.165, 1.54) is 5.57 Å². The molecule has 0 saturated heterocycles. The maximum Gasteiger partial charge on any atom is 0.114 e. The molecule has 0 heterocycles. The van der Waals surface area contributed by atoms with Crippen LogP contribution in [0, 0.1) is 11.8 Å². The molecule has 0 bridgehead atoms. The summed E-state index contributed by atoms with van der Waals surface area (Å²) < 4.78 is 5.10. The lowest BCUT2D eigenvalue weighted by atomic mass is 9.67. The second-order valence-corrected chi connectivity index (χ2v) is 6.68. The van der Waals surface area contributed by atoms with E-state index >= 15 is 0 Å². The van der Waals surface area contributed by atoms with E-state index < -0.39 is 5.60 Å². The zero-order valence-electron chi connectivity index (χ0n) is 13.9. The van der Waals surface area contributed by atoms with E-state index in [4.69, 9.17) is 4.74 Å². The Kier molecular flexibility index (Phi) is 5.30. The van der Waals surface area contributed by atoms with Crippen molar-refractivity contribution in [1.82, 2.24) is 0 Å². The minimum Gasteiger partial charge on any atom is -0.512 e. The molecule has 22 heavy (non-hydrogen) atoms. The van der Waals surface area contributed by atoms with Crippen molar-refractivity contribution < 1.29 is 14.9 Å². The van der Waals surface area contributed by atoms with Crippen LogP contribution in [0.4, 0.5) is 0 Å². The molecule has 3 nitrogen and oxygen atoms in total. The van der Waals surface area contributed by atoms with Gasteiger partial charge in [-0.3, -0.25) is 0 Å². The zero-order valence-corrected chi connectivity index (χ0v) is 13.9. The van der Waals surface area contributed by atoms with Crippen molar-refractivity contribution in [2.75, 3.05) is 13.7 Å². The van der Waals surface area contributed by atoms with Gasteiger partial charge in [0.05, 0.1) is 18.3 Å². The molecule has 122 valence electrons. The molecule has 0 fully saturated rings. The van der Waals surface area contributed by atoms with Crippen molar-refractivity contribution in [2.45, 2.75) is 45.1 Å². The van der Waals surface area contributed by atoms with E-state index in [0.717, 1.165) is 24.8 Å². The highest BCUT2D eigenvalue weighted by atomic mass is 16.5. The first-order valence-corrected chi connectivity index (χ1v) is 8.05. The molecule has 0 aromatic heterocycles. The number of aliphatic hydroxyl groups is 2. The van der Waals surface area contributed by atoms with Gasteiger partial charge in [-0.2, -0.15) is 0 Å². The van der Waals surface area contributed by atoms with Gasteiger partial charge in [0.25, 0.3) is 0 Å². The van der Waals surface area contributed by atoms with Crippen LogP contribution in [0.2, 0.25) is 0 Å². The van der Waals surface area contributed by atoms with E-state index in [9.17, 15) is 10.2 Å². The van der Waals surface area contributed by atoms with Crippen molar-refractivity contribution >= 4 is 0 Å². The predicted octanol–water partition coefficient (Wildman–Crippen LogP) is 4.07. The van der Waals surface area contributed by atoms with Crippen molar-refractivity contribution in [1.29, 1.82) is 0 Å². The van der Waals surface area contributed by atoms with Crippen LogP contribution in [0.15, 0.2) is 47.3 Å². The van der Waals surface area contributed by atoms with Gasteiger partial charge in [-0.25, -0.2) is 0 Å². The molecule has 0 spiro atoms. The highest BCUT2D eigenvalue weighted by Gasteiger charge is 2.45. The summed E-state index contributed by atoms with van der Waals surface area (Å²) in [6.07, 6.45) is 9.71. The van der Waals surface area contributed by atoms with E-state index in [-0.39, 0.29) is 17.6 Å². The molecular formula is C19H28O3. The monoisotopic (exact) mass is 304 g/mol. The molecule has 0 aliphatic heterocycles. The van der Waals surface area contributed by atoms with Crippen molar-refractivity contribution in [3.05, 3.63) is 47.3 Å². The van der Waals surface area contributed by atoms with Gasteiger partial charge < -0.3 is 14.9 Å². The van der Waals surface area contributed by atoms with Gasteiger partial charge in [-0.1, -0.05) is 18.2 Å². The molecule has 0 saturated carbocycles. The average molecular weight is 304 g/mol. The Morgan fingerprint density at radius 3 is 2.82 bits per heavy atom. The molecule has 2 rings (SSSR count). The van der Waals surface area contributed by atoms with Crippen LogP contribution in [0.5, 0.6) is 0 Å². The molecule has 2 unspecified atom stereocenters. The van der Waals surface area contributed by atoms with E-state index in [1.54, 1.807) is 13.2 Å². The Balaban J connectivity index is 2.37. The fourth-order valence-corrected chi connectivity index (χ4v) is 3.63. The quantitative estimate of drug-likeness (QED) is 0.753. The molecular weight excluding hydrogens is 276 g/mol. The maximum absolute atomic E-state index is 11.2. The second-order valence-electron chi connectivity index (χ2n) is 6.68. The van der Waals surface area contributed by atoms with Crippen LogP contribution in [0.25, 0.3) is 0 Å². The van der Waals surface area contributed by atoms with Gasteiger partial charge in [-0.05, 0) is 68.7 Å². The highest BCUT2D eigenvalue weighted by molar-refractivity contribution is 5.40. The maximum atomic E-state index is 11.2. The van der Waals surface area contributed by atoms with Gasteiger partial charge in [-0.15, -0.1) is 0 Å². The second kappa shape index (κ2) is 6.84. The Morgan fingerprint density at radius 2 is 2.23 bits per heavy atom. The molecule has 2 N–H and O–H groups in total. The topological polar surface area (TPSA) is 49.7 Å². The zero-order chi connectivity index (χ0) is 16.3. The molecule has 2 aliphatic carbocycles. The summed E-state index contributed by atoms with van der Waals surface area (Å²) in [6.45, 7) is 8.49. The molecule has 0 radical (unpaired) electrons. The average Bonchev–Trinajstić information content (AvgIpc) is 2.44. The minimum absolute atomic E-state index is 0.145. The van der Waals surface area contributed by atoms with E-state index in [1.807, 2.05) is 13.0 Å². The Morgan fingerprint density at radius 1 is 1.50 bits per heavy atom. The number of rotatable bonds is 5. The van der Waals surface area contributed by atoms with Gasteiger partial charge in [0.2, 0.25) is 0 Å². The fraction of sp³-hybridized carbons (Fsp3) is 0.579. The van der Waals surface area contributed by atoms with Gasteiger partial charge >= 0.3 is 0 Å².